The molecule has 0 aliphatic carbocycles. The molecule has 84 valence electrons. The summed E-state index contributed by atoms with van der Waals surface area (Å²) in [6.45, 7) is 1.76. The Hall–Kier alpha value is -0.870. The number of hydrogen-bond donors (Lipinski definition) is 1. The number of aromatic nitrogens is 1. The molecule has 0 aliphatic heterocycles. The van der Waals surface area contributed by atoms with E-state index in [4.69, 9.17) is 0 Å². The molecule has 0 saturated carbocycles. The van der Waals surface area contributed by atoms with Crippen LogP contribution in [0.4, 0.5) is 4.39 Å². The second-order valence-electron chi connectivity index (χ2n) is 3.58. The van der Waals surface area contributed by atoms with Crippen LogP contribution in [-0.2, 0) is 6.42 Å². The molecule has 0 amide bonds. The first-order valence-electron chi connectivity index (χ1n) is 5.02. The molecule has 0 fully saturated rings. The van der Waals surface area contributed by atoms with E-state index in [9.17, 15) is 4.39 Å². The van der Waals surface area contributed by atoms with Crippen molar-refractivity contribution in [1.29, 1.82) is 0 Å². The summed E-state index contributed by atoms with van der Waals surface area (Å²) in [7, 11) is 0. The number of thiol groups is 1. The Labute approximate surface area is 104 Å². The highest BCUT2D eigenvalue weighted by atomic mass is 32.1. The summed E-state index contributed by atoms with van der Waals surface area (Å²) in [5, 5.41) is 2.98. The highest BCUT2D eigenvalue weighted by Gasteiger charge is 2.06. The molecule has 4 heteroatoms. The molecule has 16 heavy (non-hydrogen) atoms. The molecule has 0 spiro atoms. The summed E-state index contributed by atoms with van der Waals surface area (Å²) >= 11 is 5.76. The number of aryl methyl sites for hydroxylation is 2. The van der Waals surface area contributed by atoms with Gasteiger partial charge in [0.05, 0.1) is 5.69 Å². The van der Waals surface area contributed by atoms with Gasteiger partial charge in [-0.1, -0.05) is 0 Å². The first-order valence-corrected chi connectivity index (χ1v) is 6.53. The Balaban J connectivity index is 2.31. The number of nitrogens with zero attached hydrogens (tertiary/aromatic N) is 1. The maximum atomic E-state index is 13.1. The van der Waals surface area contributed by atoms with Gasteiger partial charge in [0.2, 0.25) is 0 Å². The molecule has 0 N–H and O–H groups in total. The van der Waals surface area contributed by atoms with Crippen molar-refractivity contribution in [2.24, 2.45) is 0 Å². The lowest BCUT2D eigenvalue weighted by atomic mass is 10.1. The second kappa shape index (κ2) is 4.97. The van der Waals surface area contributed by atoms with Crippen LogP contribution in [0.5, 0.6) is 0 Å². The van der Waals surface area contributed by atoms with Crippen molar-refractivity contribution in [3.8, 4) is 10.6 Å². The number of benzene rings is 1. The minimum Gasteiger partial charge on any atom is -0.241 e. The molecule has 0 bridgehead atoms. The predicted octanol–water partition coefficient (Wildman–Crippen LogP) is 3.73. The number of thiazole rings is 1. The van der Waals surface area contributed by atoms with Gasteiger partial charge in [0.15, 0.2) is 0 Å². The highest BCUT2D eigenvalue weighted by Crippen LogP contribution is 2.25. The minimum absolute atomic E-state index is 0.170. The smallest absolute Gasteiger partial charge is 0.126 e. The van der Waals surface area contributed by atoms with E-state index in [1.807, 2.05) is 11.4 Å². The monoisotopic (exact) mass is 253 g/mol. The molecular formula is C12H12FNS2. The fraction of sp³-hybridized carbons (Fsp3) is 0.250. The van der Waals surface area contributed by atoms with Gasteiger partial charge < -0.3 is 0 Å². The van der Waals surface area contributed by atoms with Gasteiger partial charge in [0.25, 0.3) is 0 Å². The van der Waals surface area contributed by atoms with E-state index < -0.39 is 0 Å². The van der Waals surface area contributed by atoms with Gasteiger partial charge >= 0.3 is 0 Å². The van der Waals surface area contributed by atoms with Crippen LogP contribution in [0.1, 0.15) is 11.3 Å². The zero-order chi connectivity index (χ0) is 11.5. The molecule has 1 aromatic heterocycles. The largest absolute Gasteiger partial charge is 0.241 e. The molecule has 1 aromatic carbocycles. The maximum absolute atomic E-state index is 13.1. The average molecular weight is 253 g/mol. The molecule has 0 unspecified atom stereocenters. The van der Waals surface area contributed by atoms with Gasteiger partial charge in [-0.25, -0.2) is 9.37 Å². The molecule has 2 rings (SSSR count). The van der Waals surface area contributed by atoms with E-state index >= 15 is 0 Å². The maximum Gasteiger partial charge on any atom is 0.126 e. The lowest BCUT2D eigenvalue weighted by Crippen LogP contribution is -1.87. The third-order valence-electron chi connectivity index (χ3n) is 2.32. The molecule has 1 heterocycles. The van der Waals surface area contributed by atoms with Gasteiger partial charge in [0.1, 0.15) is 10.8 Å². The SMILES string of the molecule is Cc1cc(-c2nc(CCS)cs2)ccc1F. The minimum atomic E-state index is -0.170. The van der Waals surface area contributed by atoms with Crippen molar-refractivity contribution in [3.05, 3.63) is 40.7 Å². The van der Waals surface area contributed by atoms with Crippen LogP contribution in [0.15, 0.2) is 23.6 Å². The van der Waals surface area contributed by atoms with E-state index in [1.54, 1.807) is 24.3 Å². The molecule has 0 radical (unpaired) electrons. The Kier molecular flexibility index (Phi) is 3.61. The van der Waals surface area contributed by atoms with Crippen molar-refractivity contribution in [1.82, 2.24) is 4.98 Å². The molecule has 0 saturated heterocycles. The summed E-state index contributed by atoms with van der Waals surface area (Å²) in [5.74, 6) is 0.627. The zero-order valence-corrected chi connectivity index (χ0v) is 10.6. The Bertz CT molecular complexity index is 494. The molecule has 0 aliphatic rings. The first kappa shape index (κ1) is 11.6. The third kappa shape index (κ3) is 2.44. The summed E-state index contributed by atoms with van der Waals surface area (Å²) in [6.07, 6.45) is 0.875. The Morgan fingerprint density at radius 2 is 2.25 bits per heavy atom. The van der Waals surface area contributed by atoms with Gasteiger partial charge in [-0.15, -0.1) is 11.3 Å². The fourth-order valence-electron chi connectivity index (χ4n) is 1.45. The molecule has 0 atom stereocenters. The van der Waals surface area contributed by atoms with Crippen molar-refractivity contribution < 1.29 is 4.39 Å². The third-order valence-corrected chi connectivity index (χ3v) is 3.49. The zero-order valence-electron chi connectivity index (χ0n) is 8.90. The number of hydrogen-bond acceptors (Lipinski definition) is 3. The highest BCUT2D eigenvalue weighted by molar-refractivity contribution is 7.80. The summed E-state index contributed by atoms with van der Waals surface area (Å²) in [4.78, 5) is 4.49. The van der Waals surface area contributed by atoms with Gasteiger partial charge in [0, 0.05) is 10.9 Å². The van der Waals surface area contributed by atoms with Crippen LogP contribution in [0.2, 0.25) is 0 Å². The molecule has 2 aromatic rings. The van der Waals surface area contributed by atoms with E-state index in [-0.39, 0.29) is 5.82 Å². The second-order valence-corrected chi connectivity index (χ2v) is 4.89. The van der Waals surface area contributed by atoms with Gasteiger partial charge in [-0.05, 0) is 42.9 Å². The van der Waals surface area contributed by atoms with Crippen molar-refractivity contribution >= 4 is 24.0 Å². The van der Waals surface area contributed by atoms with Crippen molar-refractivity contribution in [3.63, 3.8) is 0 Å². The molecular weight excluding hydrogens is 241 g/mol. The van der Waals surface area contributed by atoms with Gasteiger partial charge in [-0.3, -0.25) is 0 Å². The van der Waals surface area contributed by atoms with E-state index in [1.165, 1.54) is 6.07 Å². The number of halogens is 1. The standard InChI is InChI=1S/C12H12FNS2/c1-8-6-9(2-3-11(8)13)12-14-10(4-5-15)7-16-12/h2-3,6-7,15H,4-5H2,1H3. The average Bonchev–Trinajstić information content (AvgIpc) is 2.71. The van der Waals surface area contributed by atoms with Crippen molar-refractivity contribution in [2.45, 2.75) is 13.3 Å². The summed E-state index contributed by atoms with van der Waals surface area (Å²) in [5.41, 5.74) is 2.69. The normalized spacial score (nSPS) is 10.7. The first-order chi connectivity index (χ1) is 7.70. The quantitative estimate of drug-likeness (QED) is 0.822. The van der Waals surface area contributed by atoms with Crippen molar-refractivity contribution in [2.75, 3.05) is 5.75 Å². The number of rotatable bonds is 3. The molecule has 1 nitrogen and oxygen atoms in total. The van der Waals surface area contributed by atoms with Crippen LogP contribution in [0.25, 0.3) is 10.6 Å². The fourth-order valence-corrected chi connectivity index (χ4v) is 2.53. The predicted molar refractivity (Wildman–Crippen MR) is 69.8 cm³/mol. The lowest BCUT2D eigenvalue weighted by molar-refractivity contribution is 0.619. The van der Waals surface area contributed by atoms with Crippen LogP contribution in [0.3, 0.4) is 0 Å². The van der Waals surface area contributed by atoms with E-state index in [2.05, 4.69) is 17.6 Å². The summed E-state index contributed by atoms with van der Waals surface area (Å²) in [6, 6.07) is 5.09. The summed E-state index contributed by atoms with van der Waals surface area (Å²) < 4.78 is 13.1. The van der Waals surface area contributed by atoms with Crippen LogP contribution in [-0.4, -0.2) is 10.7 Å². The van der Waals surface area contributed by atoms with Gasteiger partial charge in [-0.2, -0.15) is 12.6 Å². The topological polar surface area (TPSA) is 12.9 Å². The van der Waals surface area contributed by atoms with E-state index in [0.717, 1.165) is 28.4 Å². The van der Waals surface area contributed by atoms with Crippen LogP contribution < -0.4 is 0 Å². The van der Waals surface area contributed by atoms with E-state index in [0.29, 0.717) is 5.56 Å². The lowest BCUT2D eigenvalue weighted by Gasteiger charge is -1.99. The van der Waals surface area contributed by atoms with Crippen LogP contribution >= 0.6 is 24.0 Å². The Morgan fingerprint density at radius 1 is 1.44 bits per heavy atom. The Morgan fingerprint density at radius 3 is 2.94 bits per heavy atom. The van der Waals surface area contributed by atoms with Crippen LogP contribution in [0, 0.1) is 12.7 Å².